The molecule has 0 saturated heterocycles. The van der Waals surface area contributed by atoms with E-state index in [-0.39, 0.29) is 5.97 Å². The maximum Gasteiger partial charge on any atom is 0.333 e. The van der Waals surface area contributed by atoms with Gasteiger partial charge in [-0.3, -0.25) is 0 Å². The first-order valence-corrected chi connectivity index (χ1v) is 11.0. The maximum absolute atomic E-state index is 11.3. The average Bonchev–Trinajstić information content (AvgIpc) is 2.73. The van der Waals surface area contributed by atoms with Gasteiger partial charge in [0.15, 0.2) is 0 Å². The standard InChI is InChI=1S/C26H34N2O3/c1-20(2)26(29)31-16-10-8-6-5-7-9-15-30-25-13-11-23(12-14-25)27-28-24-18-21(3)17-22(4)19-24/h11-14,17-19H,1,5-10,15-16H2,2-4H3. The summed E-state index contributed by atoms with van der Waals surface area (Å²) in [5.41, 5.74) is 4.49. The molecular weight excluding hydrogens is 388 g/mol. The van der Waals surface area contributed by atoms with Crippen molar-refractivity contribution in [1.29, 1.82) is 0 Å². The molecule has 0 aliphatic heterocycles. The molecular formula is C26H34N2O3. The molecule has 0 amide bonds. The highest BCUT2D eigenvalue weighted by molar-refractivity contribution is 5.86. The Morgan fingerprint density at radius 2 is 1.35 bits per heavy atom. The Morgan fingerprint density at radius 1 is 0.806 bits per heavy atom. The van der Waals surface area contributed by atoms with E-state index in [2.05, 4.69) is 36.7 Å². The van der Waals surface area contributed by atoms with E-state index < -0.39 is 0 Å². The van der Waals surface area contributed by atoms with Crippen LogP contribution in [0, 0.1) is 13.8 Å². The average molecular weight is 423 g/mol. The number of hydrogen-bond acceptors (Lipinski definition) is 5. The van der Waals surface area contributed by atoms with E-state index in [1.165, 1.54) is 11.1 Å². The molecule has 0 spiro atoms. The highest BCUT2D eigenvalue weighted by Gasteiger charge is 2.02. The summed E-state index contributed by atoms with van der Waals surface area (Å²) in [6.45, 7) is 10.5. The summed E-state index contributed by atoms with van der Waals surface area (Å²) < 4.78 is 10.9. The van der Waals surface area contributed by atoms with E-state index in [1.54, 1.807) is 6.92 Å². The zero-order chi connectivity index (χ0) is 22.5. The lowest BCUT2D eigenvalue weighted by Gasteiger charge is -2.07. The lowest BCUT2D eigenvalue weighted by molar-refractivity contribution is -0.139. The molecule has 0 heterocycles. The van der Waals surface area contributed by atoms with E-state index in [0.717, 1.165) is 55.6 Å². The predicted molar refractivity (Wildman–Crippen MR) is 126 cm³/mol. The van der Waals surface area contributed by atoms with Crippen LogP contribution in [-0.4, -0.2) is 19.2 Å². The number of carbonyl (C=O) groups excluding carboxylic acids is 1. The molecule has 0 atom stereocenters. The molecule has 2 rings (SSSR count). The van der Waals surface area contributed by atoms with E-state index >= 15 is 0 Å². The molecule has 0 radical (unpaired) electrons. The van der Waals surface area contributed by atoms with Gasteiger partial charge in [0.1, 0.15) is 5.75 Å². The number of benzene rings is 2. The normalized spacial score (nSPS) is 10.9. The molecule has 0 aliphatic rings. The fraction of sp³-hybridized carbons (Fsp3) is 0.423. The lowest BCUT2D eigenvalue weighted by atomic mass is 10.1. The van der Waals surface area contributed by atoms with Gasteiger partial charge in [0.05, 0.1) is 24.6 Å². The summed E-state index contributed by atoms with van der Waals surface area (Å²) in [6.07, 6.45) is 6.44. The Bertz CT molecular complexity index is 852. The van der Waals surface area contributed by atoms with Crippen LogP contribution >= 0.6 is 0 Å². The fourth-order valence-corrected chi connectivity index (χ4v) is 3.12. The Kier molecular flexibility index (Phi) is 10.5. The summed E-state index contributed by atoms with van der Waals surface area (Å²) in [5, 5.41) is 8.63. The number of azo groups is 1. The lowest BCUT2D eigenvalue weighted by Crippen LogP contribution is -2.06. The summed E-state index contributed by atoms with van der Waals surface area (Å²) in [5.74, 6) is 0.555. The fourth-order valence-electron chi connectivity index (χ4n) is 3.12. The second kappa shape index (κ2) is 13.4. The first-order chi connectivity index (χ1) is 14.9. The number of nitrogens with zero attached hydrogens (tertiary/aromatic N) is 2. The zero-order valence-corrected chi connectivity index (χ0v) is 19.0. The number of unbranched alkanes of at least 4 members (excludes halogenated alkanes) is 5. The van der Waals surface area contributed by atoms with E-state index in [0.29, 0.717) is 18.8 Å². The van der Waals surface area contributed by atoms with E-state index in [1.807, 2.05) is 36.4 Å². The van der Waals surface area contributed by atoms with Crippen LogP contribution in [0.25, 0.3) is 0 Å². The summed E-state index contributed by atoms with van der Waals surface area (Å²) in [4.78, 5) is 11.3. The molecule has 0 aliphatic carbocycles. The molecule has 0 unspecified atom stereocenters. The second-order valence-electron chi connectivity index (χ2n) is 7.93. The third kappa shape index (κ3) is 10.1. The first-order valence-electron chi connectivity index (χ1n) is 11.0. The van der Waals surface area contributed by atoms with Crippen LogP contribution in [0.3, 0.4) is 0 Å². The molecule has 5 heteroatoms. The number of carbonyl (C=O) groups is 1. The van der Waals surface area contributed by atoms with Gasteiger partial charge in [0, 0.05) is 5.57 Å². The van der Waals surface area contributed by atoms with E-state index in [9.17, 15) is 4.79 Å². The summed E-state index contributed by atoms with van der Waals surface area (Å²) >= 11 is 0. The topological polar surface area (TPSA) is 60.2 Å². The SMILES string of the molecule is C=C(C)C(=O)OCCCCCCCCOc1ccc(N=Nc2cc(C)cc(C)c2)cc1. The molecule has 2 aromatic rings. The molecule has 2 aromatic carbocycles. The highest BCUT2D eigenvalue weighted by Crippen LogP contribution is 2.23. The van der Waals surface area contributed by atoms with Crippen LogP contribution in [0.4, 0.5) is 11.4 Å². The number of hydrogen-bond donors (Lipinski definition) is 0. The van der Waals surface area contributed by atoms with Crippen molar-refractivity contribution in [3.63, 3.8) is 0 Å². The van der Waals surface area contributed by atoms with Crippen LogP contribution in [0.5, 0.6) is 5.75 Å². The molecule has 0 fully saturated rings. The Hall–Kier alpha value is -2.95. The number of ether oxygens (including phenoxy) is 2. The molecule has 0 N–H and O–H groups in total. The Labute approximate surface area is 186 Å². The van der Waals surface area contributed by atoms with Crippen molar-refractivity contribution in [2.24, 2.45) is 10.2 Å². The second-order valence-corrected chi connectivity index (χ2v) is 7.93. The van der Waals surface area contributed by atoms with E-state index in [4.69, 9.17) is 9.47 Å². The van der Waals surface area contributed by atoms with Crippen LogP contribution in [0.15, 0.2) is 64.8 Å². The molecule has 166 valence electrons. The van der Waals surface area contributed by atoms with Gasteiger partial charge in [-0.05, 0) is 81.1 Å². The highest BCUT2D eigenvalue weighted by atomic mass is 16.5. The van der Waals surface area contributed by atoms with Crippen molar-refractivity contribution >= 4 is 17.3 Å². The number of esters is 1. The zero-order valence-electron chi connectivity index (χ0n) is 19.0. The van der Waals surface area contributed by atoms with Crippen molar-refractivity contribution in [3.8, 4) is 5.75 Å². The smallest absolute Gasteiger partial charge is 0.333 e. The van der Waals surface area contributed by atoms with Gasteiger partial charge in [-0.25, -0.2) is 4.79 Å². The third-order valence-corrected chi connectivity index (χ3v) is 4.71. The number of rotatable bonds is 13. The Balaban J connectivity index is 1.56. The van der Waals surface area contributed by atoms with Gasteiger partial charge in [0.25, 0.3) is 0 Å². The van der Waals surface area contributed by atoms with Crippen molar-refractivity contribution in [2.75, 3.05) is 13.2 Å². The van der Waals surface area contributed by atoms with Gasteiger partial charge < -0.3 is 9.47 Å². The van der Waals surface area contributed by atoms with Gasteiger partial charge in [-0.2, -0.15) is 10.2 Å². The maximum atomic E-state index is 11.3. The van der Waals surface area contributed by atoms with Gasteiger partial charge in [-0.15, -0.1) is 0 Å². The number of aryl methyl sites for hydroxylation is 2. The Morgan fingerprint density at radius 3 is 1.97 bits per heavy atom. The third-order valence-electron chi connectivity index (χ3n) is 4.71. The quantitative estimate of drug-likeness (QED) is 0.145. The predicted octanol–water partition coefficient (Wildman–Crippen LogP) is 7.56. The van der Waals surface area contributed by atoms with Crippen LogP contribution in [0.2, 0.25) is 0 Å². The molecule has 0 bridgehead atoms. The van der Waals surface area contributed by atoms with Crippen LogP contribution in [-0.2, 0) is 9.53 Å². The van der Waals surface area contributed by atoms with Crippen LogP contribution in [0.1, 0.15) is 56.6 Å². The molecule has 0 aromatic heterocycles. The summed E-state index contributed by atoms with van der Waals surface area (Å²) in [6, 6.07) is 13.9. The van der Waals surface area contributed by atoms with Gasteiger partial charge >= 0.3 is 5.97 Å². The summed E-state index contributed by atoms with van der Waals surface area (Å²) in [7, 11) is 0. The van der Waals surface area contributed by atoms with Crippen molar-refractivity contribution < 1.29 is 14.3 Å². The van der Waals surface area contributed by atoms with Crippen molar-refractivity contribution in [1.82, 2.24) is 0 Å². The minimum absolute atomic E-state index is 0.297. The molecule has 0 saturated carbocycles. The molecule has 5 nitrogen and oxygen atoms in total. The first kappa shape index (κ1) is 24.3. The van der Waals surface area contributed by atoms with Crippen molar-refractivity contribution in [2.45, 2.75) is 59.3 Å². The van der Waals surface area contributed by atoms with Crippen molar-refractivity contribution in [3.05, 3.63) is 65.7 Å². The molecule has 31 heavy (non-hydrogen) atoms. The minimum Gasteiger partial charge on any atom is -0.494 e. The minimum atomic E-state index is -0.297. The van der Waals surface area contributed by atoms with Gasteiger partial charge in [0.2, 0.25) is 0 Å². The monoisotopic (exact) mass is 422 g/mol. The van der Waals surface area contributed by atoms with Gasteiger partial charge in [-0.1, -0.05) is 38.3 Å². The largest absolute Gasteiger partial charge is 0.494 e. The van der Waals surface area contributed by atoms with Crippen LogP contribution < -0.4 is 4.74 Å².